The summed E-state index contributed by atoms with van der Waals surface area (Å²) in [6.07, 6.45) is 0. The highest BCUT2D eigenvalue weighted by Gasteiger charge is 2.13. The number of amides is 1. The molecule has 0 saturated carbocycles. The highest BCUT2D eigenvalue weighted by Crippen LogP contribution is 2.23. The number of nitrogens with one attached hydrogen (secondary N) is 1. The monoisotopic (exact) mass is 292 g/mol. The third kappa shape index (κ3) is 5.05. The van der Waals surface area contributed by atoms with Crippen LogP contribution in [-0.2, 0) is 0 Å². The van der Waals surface area contributed by atoms with E-state index in [2.05, 4.69) is 44.8 Å². The van der Waals surface area contributed by atoms with E-state index >= 15 is 0 Å². The van der Waals surface area contributed by atoms with Gasteiger partial charge in [0.15, 0.2) is 0 Å². The molecule has 1 amide bonds. The van der Waals surface area contributed by atoms with Gasteiger partial charge >= 0.3 is 0 Å². The van der Waals surface area contributed by atoms with Crippen LogP contribution < -0.4 is 5.32 Å². The minimum atomic E-state index is -0.213. The van der Waals surface area contributed by atoms with Crippen LogP contribution in [0.25, 0.3) is 0 Å². The van der Waals surface area contributed by atoms with Gasteiger partial charge < -0.3 is 10.4 Å². The van der Waals surface area contributed by atoms with Crippen molar-refractivity contribution in [1.29, 1.82) is 0 Å². The van der Waals surface area contributed by atoms with Gasteiger partial charge in [0, 0.05) is 19.1 Å². The van der Waals surface area contributed by atoms with Gasteiger partial charge in [0.1, 0.15) is 5.75 Å². The van der Waals surface area contributed by atoms with Gasteiger partial charge in [-0.1, -0.05) is 26.8 Å². The van der Waals surface area contributed by atoms with Crippen molar-refractivity contribution in [1.82, 2.24) is 10.2 Å². The number of likely N-dealkylation sites (N-methyl/N-ethyl adjacent to an activating group) is 1. The molecule has 118 valence electrons. The maximum absolute atomic E-state index is 12.2. The maximum Gasteiger partial charge on any atom is 0.255 e. The van der Waals surface area contributed by atoms with Crippen molar-refractivity contribution in [3.05, 3.63) is 29.3 Å². The molecule has 1 aromatic carbocycles. The van der Waals surface area contributed by atoms with E-state index in [9.17, 15) is 9.90 Å². The van der Waals surface area contributed by atoms with Crippen molar-refractivity contribution in [2.75, 3.05) is 19.6 Å². The Morgan fingerprint density at radius 2 is 1.95 bits per heavy atom. The van der Waals surface area contributed by atoms with Gasteiger partial charge in [0.05, 0.1) is 5.56 Å². The highest BCUT2D eigenvalue weighted by atomic mass is 16.3. The van der Waals surface area contributed by atoms with E-state index in [4.69, 9.17) is 0 Å². The van der Waals surface area contributed by atoms with Crippen molar-refractivity contribution in [3.8, 4) is 5.75 Å². The van der Waals surface area contributed by atoms with E-state index < -0.39 is 0 Å². The number of nitrogens with zero attached hydrogens (tertiary/aromatic N) is 1. The molecule has 0 bridgehead atoms. The Balaban J connectivity index is 2.65. The fourth-order valence-electron chi connectivity index (χ4n) is 2.28. The van der Waals surface area contributed by atoms with Crippen LogP contribution in [-0.4, -0.2) is 41.6 Å². The Labute approximate surface area is 128 Å². The van der Waals surface area contributed by atoms with E-state index in [1.54, 1.807) is 12.1 Å². The van der Waals surface area contributed by atoms with Gasteiger partial charge in [-0.3, -0.25) is 9.69 Å². The summed E-state index contributed by atoms with van der Waals surface area (Å²) < 4.78 is 0. The zero-order chi connectivity index (χ0) is 16.0. The van der Waals surface area contributed by atoms with Crippen molar-refractivity contribution in [2.24, 2.45) is 0 Å². The second-order valence-electron chi connectivity index (χ2n) is 5.91. The molecule has 4 nitrogen and oxygen atoms in total. The van der Waals surface area contributed by atoms with Crippen molar-refractivity contribution < 1.29 is 9.90 Å². The molecule has 4 heteroatoms. The van der Waals surface area contributed by atoms with Gasteiger partial charge in [-0.05, 0) is 44.0 Å². The summed E-state index contributed by atoms with van der Waals surface area (Å²) >= 11 is 0. The Kier molecular flexibility index (Phi) is 6.69. The summed E-state index contributed by atoms with van der Waals surface area (Å²) in [5.41, 5.74) is 1.41. The number of hydrogen-bond donors (Lipinski definition) is 2. The average Bonchev–Trinajstić information content (AvgIpc) is 2.43. The standard InChI is InChI=1S/C17H28N2O2/c1-6-19(13(4)5)10-9-18-17(21)15-11-14(12(2)3)7-8-16(15)20/h7-8,11-13,20H,6,9-10H2,1-5H3,(H,18,21). The first-order valence-corrected chi connectivity index (χ1v) is 7.72. The maximum atomic E-state index is 12.2. The van der Waals surface area contributed by atoms with E-state index in [1.165, 1.54) is 0 Å². The van der Waals surface area contributed by atoms with E-state index in [0.29, 0.717) is 24.1 Å². The first-order chi connectivity index (χ1) is 9.86. The lowest BCUT2D eigenvalue weighted by Gasteiger charge is -2.24. The second-order valence-corrected chi connectivity index (χ2v) is 5.91. The molecule has 0 heterocycles. The summed E-state index contributed by atoms with van der Waals surface area (Å²) in [5, 5.41) is 12.7. The predicted octanol–water partition coefficient (Wildman–Crippen LogP) is 2.98. The van der Waals surface area contributed by atoms with Crippen LogP contribution in [0.15, 0.2) is 18.2 Å². The van der Waals surface area contributed by atoms with Gasteiger partial charge in [-0.2, -0.15) is 0 Å². The zero-order valence-electron chi connectivity index (χ0n) is 13.8. The average molecular weight is 292 g/mol. The molecule has 0 aliphatic rings. The summed E-state index contributed by atoms with van der Waals surface area (Å²) in [4.78, 5) is 14.5. The number of phenolic OH excluding ortho intramolecular Hbond substituents is 1. The number of phenols is 1. The van der Waals surface area contributed by atoms with Gasteiger partial charge in [0.25, 0.3) is 5.91 Å². The first kappa shape index (κ1) is 17.5. The molecule has 0 aromatic heterocycles. The molecular weight excluding hydrogens is 264 g/mol. The van der Waals surface area contributed by atoms with Crippen molar-refractivity contribution >= 4 is 5.91 Å². The molecule has 0 fully saturated rings. The second kappa shape index (κ2) is 8.03. The van der Waals surface area contributed by atoms with Crippen LogP contribution in [0.2, 0.25) is 0 Å². The number of carbonyl (C=O) groups excluding carboxylic acids is 1. The molecule has 1 aromatic rings. The van der Waals surface area contributed by atoms with Crippen molar-refractivity contribution in [3.63, 3.8) is 0 Å². The zero-order valence-corrected chi connectivity index (χ0v) is 13.8. The van der Waals surface area contributed by atoms with Crippen LogP contribution in [0.3, 0.4) is 0 Å². The molecule has 2 N–H and O–H groups in total. The molecule has 0 atom stereocenters. The molecule has 0 unspecified atom stereocenters. The van der Waals surface area contributed by atoms with E-state index in [0.717, 1.165) is 18.7 Å². The van der Waals surface area contributed by atoms with E-state index in [1.807, 2.05) is 6.07 Å². The summed E-state index contributed by atoms with van der Waals surface area (Å²) in [6, 6.07) is 5.69. The van der Waals surface area contributed by atoms with Gasteiger partial charge in [0.2, 0.25) is 0 Å². The lowest BCUT2D eigenvalue weighted by molar-refractivity contribution is 0.0943. The number of aromatic hydroxyl groups is 1. The smallest absolute Gasteiger partial charge is 0.255 e. The quantitative estimate of drug-likeness (QED) is 0.812. The molecule has 0 aliphatic heterocycles. The molecule has 0 aliphatic carbocycles. The fraction of sp³-hybridized carbons (Fsp3) is 0.588. The lowest BCUT2D eigenvalue weighted by Crippen LogP contribution is -2.38. The van der Waals surface area contributed by atoms with Crippen LogP contribution >= 0.6 is 0 Å². The lowest BCUT2D eigenvalue weighted by atomic mass is 10.00. The number of rotatable bonds is 7. The van der Waals surface area contributed by atoms with Crippen LogP contribution in [0.5, 0.6) is 5.75 Å². The summed E-state index contributed by atoms with van der Waals surface area (Å²) in [7, 11) is 0. The Bertz CT molecular complexity index is 470. The third-order valence-corrected chi connectivity index (χ3v) is 3.75. The first-order valence-electron chi connectivity index (χ1n) is 7.72. The predicted molar refractivity (Wildman–Crippen MR) is 86.9 cm³/mol. The largest absolute Gasteiger partial charge is 0.507 e. The molecule has 21 heavy (non-hydrogen) atoms. The SMILES string of the molecule is CCN(CCNC(=O)c1cc(C(C)C)ccc1O)C(C)C. The normalized spacial score (nSPS) is 11.4. The molecule has 0 spiro atoms. The molecule has 1 rings (SSSR count). The van der Waals surface area contributed by atoms with Gasteiger partial charge in [-0.15, -0.1) is 0 Å². The molecular formula is C17H28N2O2. The van der Waals surface area contributed by atoms with Crippen LogP contribution in [0.1, 0.15) is 56.5 Å². The Hall–Kier alpha value is -1.55. The van der Waals surface area contributed by atoms with Crippen molar-refractivity contribution in [2.45, 2.75) is 46.6 Å². The highest BCUT2D eigenvalue weighted by molar-refractivity contribution is 5.97. The van der Waals surface area contributed by atoms with Crippen LogP contribution in [0, 0.1) is 0 Å². The summed E-state index contributed by atoms with van der Waals surface area (Å²) in [6.45, 7) is 12.9. The molecule has 0 radical (unpaired) electrons. The molecule has 0 saturated heterocycles. The third-order valence-electron chi connectivity index (χ3n) is 3.75. The van der Waals surface area contributed by atoms with Gasteiger partial charge in [-0.25, -0.2) is 0 Å². The summed E-state index contributed by atoms with van der Waals surface area (Å²) in [5.74, 6) is 0.150. The number of carbonyl (C=O) groups is 1. The topological polar surface area (TPSA) is 52.6 Å². The number of benzene rings is 1. The minimum absolute atomic E-state index is 0.0353. The Morgan fingerprint density at radius 3 is 2.48 bits per heavy atom. The minimum Gasteiger partial charge on any atom is -0.507 e. The fourth-order valence-corrected chi connectivity index (χ4v) is 2.28. The number of hydrogen-bond acceptors (Lipinski definition) is 3. The Morgan fingerprint density at radius 1 is 1.29 bits per heavy atom. The van der Waals surface area contributed by atoms with Crippen LogP contribution in [0.4, 0.5) is 0 Å². The van der Waals surface area contributed by atoms with E-state index in [-0.39, 0.29) is 11.7 Å².